The van der Waals surface area contributed by atoms with Crippen LogP contribution in [0.5, 0.6) is 28.7 Å². The van der Waals surface area contributed by atoms with Gasteiger partial charge in [-0.15, -0.1) is 0 Å². The molecule has 1 unspecified atom stereocenters. The van der Waals surface area contributed by atoms with Gasteiger partial charge in [0.15, 0.2) is 0 Å². The van der Waals surface area contributed by atoms with Crippen molar-refractivity contribution in [1.82, 2.24) is 0 Å². The van der Waals surface area contributed by atoms with Crippen molar-refractivity contribution in [3.63, 3.8) is 0 Å². The fraction of sp³-hybridized carbons (Fsp3) is 0.125. The molecule has 194 valence electrons. The number of hydrogen-bond donors (Lipinski definition) is 1. The Morgan fingerprint density at radius 1 is 0.897 bits per heavy atom. The maximum absolute atomic E-state index is 12.7. The lowest BCUT2D eigenvalue weighted by Gasteiger charge is -2.27. The summed E-state index contributed by atoms with van der Waals surface area (Å²) < 4.78 is 23.0. The molecule has 0 radical (unpaired) electrons. The molecule has 39 heavy (non-hydrogen) atoms. The highest BCUT2D eigenvalue weighted by molar-refractivity contribution is 5.91. The van der Waals surface area contributed by atoms with Crippen LogP contribution in [0.15, 0.2) is 109 Å². The number of benzene rings is 4. The second-order valence-corrected chi connectivity index (χ2v) is 8.87. The summed E-state index contributed by atoms with van der Waals surface area (Å²) in [5.41, 5.74) is 8.37. The molecule has 4 aromatic carbocycles. The molecule has 0 aliphatic carbocycles. The lowest BCUT2D eigenvalue weighted by molar-refractivity contribution is 0.0734. The van der Waals surface area contributed by atoms with Gasteiger partial charge in [-0.3, -0.25) is 0 Å². The van der Waals surface area contributed by atoms with Gasteiger partial charge < -0.3 is 24.7 Å². The van der Waals surface area contributed by atoms with Crippen molar-refractivity contribution in [2.24, 2.45) is 5.73 Å². The lowest BCUT2D eigenvalue weighted by atomic mass is 9.83. The zero-order chi connectivity index (χ0) is 27.2. The van der Waals surface area contributed by atoms with E-state index in [0.717, 1.165) is 17.5 Å². The predicted octanol–water partition coefficient (Wildman–Crippen LogP) is 6.71. The van der Waals surface area contributed by atoms with Crippen molar-refractivity contribution in [3.8, 4) is 34.8 Å². The standard InChI is InChI=1S/C32H26N2O5/c1-2-17-36-23-13-11-21(12-14-23)32(35)38-26-15-16-27-29(19-26)39-31(34)28(20-33)30(27)22-7-6-10-25(18-22)37-24-8-4-3-5-9-24/h3-16,18-19,30H,2,17,34H2,1H3. The molecule has 0 spiro atoms. The van der Waals surface area contributed by atoms with E-state index in [-0.39, 0.29) is 17.2 Å². The minimum atomic E-state index is -0.517. The number of rotatable bonds is 8. The Balaban J connectivity index is 1.40. The van der Waals surface area contributed by atoms with Crippen molar-refractivity contribution in [3.05, 3.63) is 125 Å². The summed E-state index contributed by atoms with van der Waals surface area (Å²) in [7, 11) is 0. The molecular formula is C32H26N2O5. The van der Waals surface area contributed by atoms with Gasteiger partial charge in [-0.25, -0.2) is 4.79 Å². The molecule has 0 saturated carbocycles. The van der Waals surface area contributed by atoms with Crippen LogP contribution in [-0.4, -0.2) is 12.6 Å². The molecule has 0 fully saturated rings. The molecule has 1 aliphatic heterocycles. The summed E-state index contributed by atoms with van der Waals surface area (Å²) in [6.45, 7) is 2.63. The Kier molecular flexibility index (Phi) is 7.46. The predicted molar refractivity (Wildman–Crippen MR) is 146 cm³/mol. The monoisotopic (exact) mass is 518 g/mol. The zero-order valence-corrected chi connectivity index (χ0v) is 21.3. The van der Waals surface area contributed by atoms with Crippen LogP contribution in [0.25, 0.3) is 0 Å². The number of carbonyl (C=O) groups is 1. The number of hydrogen-bond acceptors (Lipinski definition) is 7. The molecule has 4 aromatic rings. The summed E-state index contributed by atoms with van der Waals surface area (Å²) in [6.07, 6.45) is 0.896. The Morgan fingerprint density at radius 2 is 1.64 bits per heavy atom. The van der Waals surface area contributed by atoms with Gasteiger partial charge in [-0.05, 0) is 66.6 Å². The molecule has 1 atom stereocenters. The van der Waals surface area contributed by atoms with Crippen LogP contribution < -0.4 is 24.7 Å². The summed E-state index contributed by atoms with van der Waals surface area (Å²) in [5, 5.41) is 9.91. The maximum Gasteiger partial charge on any atom is 0.343 e. The van der Waals surface area contributed by atoms with Crippen LogP contribution in [0.3, 0.4) is 0 Å². The van der Waals surface area contributed by atoms with E-state index in [1.165, 1.54) is 0 Å². The van der Waals surface area contributed by atoms with Crippen LogP contribution in [0.1, 0.15) is 40.7 Å². The third-order valence-corrected chi connectivity index (χ3v) is 6.13. The van der Waals surface area contributed by atoms with E-state index in [1.54, 1.807) is 42.5 Å². The molecule has 0 bridgehead atoms. The minimum Gasteiger partial charge on any atom is -0.494 e. The normalized spacial score (nSPS) is 14.0. The number of allylic oxidation sites excluding steroid dienone is 1. The van der Waals surface area contributed by atoms with E-state index in [0.29, 0.717) is 35.2 Å². The molecule has 2 N–H and O–H groups in total. The highest BCUT2D eigenvalue weighted by atomic mass is 16.5. The number of esters is 1. The van der Waals surface area contributed by atoms with Gasteiger partial charge in [0, 0.05) is 11.6 Å². The smallest absolute Gasteiger partial charge is 0.343 e. The van der Waals surface area contributed by atoms with Gasteiger partial charge in [0.25, 0.3) is 0 Å². The van der Waals surface area contributed by atoms with Gasteiger partial charge in [-0.2, -0.15) is 5.26 Å². The number of carbonyl (C=O) groups excluding carboxylic acids is 1. The first kappa shape index (κ1) is 25.4. The summed E-state index contributed by atoms with van der Waals surface area (Å²) in [5.74, 6) is 1.70. The van der Waals surface area contributed by atoms with Crippen LogP contribution in [0, 0.1) is 11.3 Å². The van der Waals surface area contributed by atoms with Crippen LogP contribution in [0.4, 0.5) is 0 Å². The van der Waals surface area contributed by atoms with E-state index in [4.69, 9.17) is 24.7 Å². The Bertz CT molecular complexity index is 1560. The van der Waals surface area contributed by atoms with Crippen molar-refractivity contribution >= 4 is 5.97 Å². The number of ether oxygens (including phenoxy) is 4. The van der Waals surface area contributed by atoms with E-state index >= 15 is 0 Å². The van der Waals surface area contributed by atoms with Crippen LogP contribution in [-0.2, 0) is 0 Å². The molecular weight excluding hydrogens is 492 g/mol. The molecule has 1 heterocycles. The molecule has 7 heteroatoms. The van der Waals surface area contributed by atoms with E-state index in [1.807, 2.05) is 61.5 Å². The molecule has 7 nitrogen and oxygen atoms in total. The van der Waals surface area contributed by atoms with Crippen molar-refractivity contribution in [2.45, 2.75) is 19.3 Å². The first-order chi connectivity index (χ1) is 19.1. The Morgan fingerprint density at radius 3 is 2.38 bits per heavy atom. The Hall–Kier alpha value is -5.22. The second-order valence-electron chi connectivity index (χ2n) is 8.87. The van der Waals surface area contributed by atoms with Gasteiger partial charge in [0.2, 0.25) is 5.88 Å². The summed E-state index contributed by atoms with van der Waals surface area (Å²) in [6, 6.07) is 31.0. The molecule has 1 aliphatic rings. The number of nitriles is 1. The number of nitrogens with zero attached hydrogens (tertiary/aromatic N) is 1. The average molecular weight is 519 g/mol. The van der Waals surface area contributed by atoms with Crippen molar-refractivity contribution in [2.75, 3.05) is 6.61 Å². The molecule has 0 aromatic heterocycles. The van der Waals surface area contributed by atoms with E-state index in [9.17, 15) is 10.1 Å². The quantitative estimate of drug-likeness (QED) is 0.204. The summed E-state index contributed by atoms with van der Waals surface area (Å²) in [4.78, 5) is 12.7. The topological polar surface area (TPSA) is 104 Å². The highest BCUT2D eigenvalue weighted by Crippen LogP contribution is 2.44. The van der Waals surface area contributed by atoms with E-state index in [2.05, 4.69) is 6.07 Å². The molecule has 0 amide bonds. The fourth-order valence-corrected chi connectivity index (χ4v) is 4.30. The molecule has 5 rings (SSSR count). The third kappa shape index (κ3) is 5.71. The SMILES string of the molecule is CCCOc1ccc(C(=O)Oc2ccc3c(c2)OC(N)=C(C#N)C3c2cccc(Oc3ccccc3)c2)cc1. The van der Waals surface area contributed by atoms with Crippen LogP contribution in [0.2, 0.25) is 0 Å². The minimum absolute atomic E-state index is 0.00414. The van der Waals surface area contributed by atoms with Crippen LogP contribution >= 0.6 is 0 Å². The average Bonchev–Trinajstić information content (AvgIpc) is 2.96. The van der Waals surface area contributed by atoms with Gasteiger partial charge in [-0.1, -0.05) is 43.3 Å². The van der Waals surface area contributed by atoms with E-state index < -0.39 is 11.9 Å². The fourth-order valence-electron chi connectivity index (χ4n) is 4.30. The van der Waals surface area contributed by atoms with Gasteiger partial charge >= 0.3 is 5.97 Å². The lowest BCUT2D eigenvalue weighted by Crippen LogP contribution is -2.21. The number of fused-ring (bicyclic) bond motifs is 1. The third-order valence-electron chi connectivity index (χ3n) is 6.13. The zero-order valence-electron chi connectivity index (χ0n) is 21.3. The second kappa shape index (κ2) is 11.4. The summed E-state index contributed by atoms with van der Waals surface area (Å²) >= 11 is 0. The number of nitrogens with two attached hydrogens (primary N) is 1. The Labute approximate surface area is 226 Å². The largest absolute Gasteiger partial charge is 0.494 e. The van der Waals surface area contributed by atoms with Crippen molar-refractivity contribution in [1.29, 1.82) is 5.26 Å². The number of para-hydroxylation sites is 1. The highest BCUT2D eigenvalue weighted by Gasteiger charge is 2.31. The van der Waals surface area contributed by atoms with Crippen molar-refractivity contribution < 1.29 is 23.7 Å². The molecule has 0 saturated heterocycles. The van der Waals surface area contributed by atoms with Gasteiger partial charge in [0.05, 0.1) is 18.1 Å². The maximum atomic E-state index is 12.7. The first-order valence-electron chi connectivity index (χ1n) is 12.5. The van der Waals surface area contributed by atoms with Gasteiger partial charge in [0.1, 0.15) is 40.4 Å². The first-order valence-corrected chi connectivity index (χ1v) is 12.5.